The molecule has 4 N–H and O–H groups in total. The van der Waals surface area contributed by atoms with E-state index in [1.54, 1.807) is 23.6 Å². The summed E-state index contributed by atoms with van der Waals surface area (Å²) < 4.78 is 14.6. The molecule has 39 heavy (non-hydrogen) atoms. The van der Waals surface area contributed by atoms with Gasteiger partial charge >= 0.3 is 0 Å². The molecule has 4 rings (SSSR count). The van der Waals surface area contributed by atoms with Crippen LogP contribution in [0.2, 0.25) is 0 Å². The van der Waals surface area contributed by atoms with E-state index in [0.29, 0.717) is 30.7 Å². The molecular weight excluding hydrogens is 522 g/mol. The van der Waals surface area contributed by atoms with Crippen LogP contribution in [-0.4, -0.2) is 48.7 Å². The number of aryl methyl sites for hydroxylation is 1. The largest absolute Gasteiger partial charge is 0.392 e. The first-order chi connectivity index (χ1) is 18.9. The maximum Gasteiger partial charge on any atom is 0.243 e. The van der Waals surface area contributed by atoms with Gasteiger partial charge in [0.15, 0.2) is 11.4 Å². The van der Waals surface area contributed by atoms with Gasteiger partial charge in [-0.1, -0.05) is 48.2 Å². The number of carbonyl (C=O) groups is 2. The van der Waals surface area contributed by atoms with E-state index in [9.17, 15) is 14.7 Å². The monoisotopic (exact) mass is 555 g/mol. The van der Waals surface area contributed by atoms with Crippen LogP contribution in [0, 0.1) is 0 Å². The number of aliphatic hydroxyl groups excluding tert-OH is 1. The zero-order chi connectivity index (χ0) is 27.6. The molecule has 2 heterocycles. The van der Waals surface area contributed by atoms with E-state index in [2.05, 4.69) is 15.5 Å². The van der Waals surface area contributed by atoms with E-state index < -0.39 is 12.2 Å². The Balaban J connectivity index is 1.39. The van der Waals surface area contributed by atoms with Crippen LogP contribution in [0.25, 0.3) is 0 Å². The van der Waals surface area contributed by atoms with Gasteiger partial charge in [0.2, 0.25) is 11.8 Å². The van der Waals surface area contributed by atoms with Gasteiger partial charge in [-0.3, -0.25) is 14.8 Å². The summed E-state index contributed by atoms with van der Waals surface area (Å²) >= 11 is 1.57. The molecule has 1 fully saturated rings. The lowest BCUT2D eigenvalue weighted by atomic mass is 10.0. The van der Waals surface area contributed by atoms with E-state index in [4.69, 9.17) is 14.7 Å². The molecule has 0 radical (unpaired) electrons. The average molecular weight is 556 g/mol. The highest BCUT2D eigenvalue weighted by atomic mass is 32.2. The Bertz CT molecular complexity index is 1220. The molecule has 1 saturated heterocycles. The van der Waals surface area contributed by atoms with Gasteiger partial charge in [-0.25, -0.2) is 5.48 Å². The number of carbonyl (C=O) groups excluding carboxylic acids is 2. The van der Waals surface area contributed by atoms with Crippen molar-refractivity contribution in [3.05, 3.63) is 71.5 Å². The van der Waals surface area contributed by atoms with Gasteiger partial charge in [-0.15, -0.1) is 10.2 Å². The van der Waals surface area contributed by atoms with Crippen LogP contribution in [0.5, 0.6) is 0 Å². The van der Waals surface area contributed by atoms with E-state index in [0.717, 1.165) is 21.8 Å². The van der Waals surface area contributed by atoms with Crippen LogP contribution in [0.4, 0.5) is 5.69 Å². The molecule has 0 saturated carbocycles. The molecule has 2 aromatic carbocycles. The highest BCUT2D eigenvalue weighted by Gasteiger charge is 2.32. The number of aliphatic hydroxyl groups is 1. The van der Waals surface area contributed by atoms with Gasteiger partial charge in [0.25, 0.3) is 0 Å². The first-order valence-corrected chi connectivity index (χ1v) is 13.7. The molecule has 0 spiro atoms. The summed E-state index contributed by atoms with van der Waals surface area (Å²) in [5, 5.41) is 29.7. The number of thioether (sulfide) groups is 1. The lowest BCUT2D eigenvalue weighted by molar-refractivity contribution is -0.245. The molecule has 3 atom stereocenters. The molecule has 0 aliphatic carbocycles. The fourth-order valence-corrected chi connectivity index (χ4v) is 5.07. The minimum absolute atomic E-state index is 0.0156. The Morgan fingerprint density at radius 2 is 1.72 bits per heavy atom. The number of aromatic nitrogens is 3. The molecule has 3 unspecified atom stereocenters. The molecule has 1 aromatic heterocycles. The van der Waals surface area contributed by atoms with Gasteiger partial charge in [0, 0.05) is 43.3 Å². The summed E-state index contributed by atoms with van der Waals surface area (Å²) in [7, 11) is 1.90. The number of hydroxylamine groups is 1. The third-order valence-corrected chi connectivity index (χ3v) is 7.50. The maximum atomic E-state index is 12.3. The molecule has 1 aliphatic heterocycles. The molecule has 0 bridgehead atoms. The number of rotatable bonds is 12. The summed E-state index contributed by atoms with van der Waals surface area (Å²) in [6.45, 7) is -0.0156. The molecule has 2 amide bonds. The van der Waals surface area contributed by atoms with E-state index in [-0.39, 0.29) is 37.6 Å². The van der Waals surface area contributed by atoms with Crippen LogP contribution in [0.3, 0.4) is 0 Å². The molecule has 1 aliphatic rings. The predicted octanol–water partition coefficient (Wildman–Crippen LogP) is 3.65. The van der Waals surface area contributed by atoms with E-state index >= 15 is 0 Å². The second-order valence-corrected chi connectivity index (χ2v) is 10.3. The van der Waals surface area contributed by atoms with Crippen molar-refractivity contribution in [1.82, 2.24) is 20.2 Å². The third kappa shape index (κ3) is 8.35. The molecule has 3 aromatic rings. The maximum absolute atomic E-state index is 12.3. The highest BCUT2D eigenvalue weighted by Crippen LogP contribution is 2.39. The smallest absolute Gasteiger partial charge is 0.243 e. The number of amides is 2. The number of benzene rings is 2. The average Bonchev–Trinajstić information content (AvgIpc) is 3.38. The minimum Gasteiger partial charge on any atom is -0.392 e. The normalized spacial score (nSPS) is 19.0. The zero-order valence-electron chi connectivity index (χ0n) is 21.7. The summed E-state index contributed by atoms with van der Waals surface area (Å²) in [4.78, 5) is 23.3. The van der Waals surface area contributed by atoms with Gasteiger partial charge in [-0.2, -0.15) is 0 Å². The van der Waals surface area contributed by atoms with Crippen molar-refractivity contribution in [2.45, 2.75) is 62.4 Å². The zero-order valence-corrected chi connectivity index (χ0v) is 22.5. The van der Waals surface area contributed by atoms with Gasteiger partial charge in [0.1, 0.15) is 6.33 Å². The second kappa shape index (κ2) is 14.2. The van der Waals surface area contributed by atoms with Gasteiger partial charge < -0.3 is 24.5 Å². The van der Waals surface area contributed by atoms with Gasteiger partial charge in [-0.05, 0) is 36.1 Å². The number of hydrogen-bond donors (Lipinski definition) is 4. The van der Waals surface area contributed by atoms with Crippen molar-refractivity contribution in [1.29, 1.82) is 0 Å². The Morgan fingerprint density at radius 1 is 1.03 bits per heavy atom. The summed E-state index contributed by atoms with van der Waals surface area (Å²) in [6.07, 6.45) is 2.90. The summed E-state index contributed by atoms with van der Waals surface area (Å²) in [5.74, 6) is 0.0627. The van der Waals surface area contributed by atoms with Crippen molar-refractivity contribution in [2.75, 3.05) is 11.1 Å². The summed E-state index contributed by atoms with van der Waals surface area (Å²) in [5.41, 5.74) is 4.91. The van der Waals surface area contributed by atoms with E-state index in [1.165, 1.54) is 0 Å². The lowest BCUT2D eigenvalue weighted by Crippen LogP contribution is -2.31. The molecule has 12 heteroatoms. The van der Waals surface area contributed by atoms with Crippen molar-refractivity contribution in [3.63, 3.8) is 0 Å². The molecular formula is C27H33N5O6S. The van der Waals surface area contributed by atoms with Crippen LogP contribution in [-0.2, 0) is 32.7 Å². The first kappa shape index (κ1) is 28.7. The number of anilines is 1. The number of hydrogen-bond acceptors (Lipinski definition) is 9. The number of nitrogens with zero attached hydrogens (tertiary/aromatic N) is 3. The Kier molecular flexibility index (Phi) is 10.5. The fraction of sp³-hybridized carbons (Fsp3) is 0.407. The first-order valence-electron chi connectivity index (χ1n) is 12.8. The minimum atomic E-state index is -0.603. The Morgan fingerprint density at radius 3 is 2.36 bits per heavy atom. The molecule has 208 valence electrons. The van der Waals surface area contributed by atoms with Crippen molar-refractivity contribution in [3.8, 4) is 0 Å². The summed E-state index contributed by atoms with van der Waals surface area (Å²) in [6, 6.07) is 15.1. The Hall–Kier alpha value is -3.29. The lowest BCUT2D eigenvalue weighted by Gasteiger charge is -2.36. The third-order valence-electron chi connectivity index (χ3n) is 6.33. The van der Waals surface area contributed by atoms with Crippen LogP contribution in [0.1, 0.15) is 61.2 Å². The number of nitrogens with one attached hydrogen (secondary N) is 2. The second-order valence-electron chi connectivity index (χ2n) is 9.30. The molecule has 11 nitrogen and oxygen atoms in total. The standard InChI is InChI=1S/C27H33N5O6S/c1-32-17-28-30-27(32)39-16-22-14-23(19-8-6-18(15-33)7-9-19)38-26(37-22)20-10-12-21(13-11-20)29-24(34)4-2-3-5-25(35)31-36/h6-13,17,22-23,26,33,36H,2-5,14-16H2,1H3,(H,29,34)(H,31,35). The van der Waals surface area contributed by atoms with Crippen LogP contribution >= 0.6 is 11.8 Å². The van der Waals surface area contributed by atoms with Crippen LogP contribution < -0.4 is 10.8 Å². The predicted molar refractivity (Wildman–Crippen MR) is 144 cm³/mol. The van der Waals surface area contributed by atoms with Gasteiger partial charge in [0.05, 0.1) is 18.8 Å². The number of unbranched alkanes of at least 4 members (excludes halogenated alkanes) is 1. The van der Waals surface area contributed by atoms with E-state index in [1.807, 2.05) is 60.1 Å². The van der Waals surface area contributed by atoms with Crippen LogP contribution in [0.15, 0.2) is 60.0 Å². The fourth-order valence-electron chi connectivity index (χ4n) is 4.17. The topological polar surface area (TPSA) is 148 Å². The highest BCUT2D eigenvalue weighted by molar-refractivity contribution is 7.99. The SMILES string of the molecule is Cn1cnnc1SCC1CC(c2ccc(CO)cc2)OC(c2ccc(NC(=O)CCCCC(=O)NO)cc2)O1. The van der Waals surface area contributed by atoms with Crippen molar-refractivity contribution in [2.24, 2.45) is 7.05 Å². The quantitative estimate of drug-likeness (QED) is 0.114. The number of ether oxygens (including phenoxy) is 2. The van der Waals surface area contributed by atoms with Crippen molar-refractivity contribution >= 4 is 29.3 Å². The Labute approximate surface area is 230 Å². The van der Waals surface area contributed by atoms with Crippen molar-refractivity contribution < 1.29 is 29.4 Å².